The predicted molar refractivity (Wildman–Crippen MR) is 72.5 cm³/mol. The van der Waals surface area contributed by atoms with E-state index < -0.39 is 43.1 Å². The van der Waals surface area contributed by atoms with Crippen LogP contribution < -0.4 is 4.74 Å². The summed E-state index contributed by atoms with van der Waals surface area (Å²) >= 11 is 0. The number of benzene rings is 1. The lowest BCUT2D eigenvalue weighted by atomic mass is 9.99. The highest BCUT2D eigenvalue weighted by molar-refractivity contribution is 5.99. The lowest BCUT2D eigenvalue weighted by Crippen LogP contribution is -2.60. The maximum absolute atomic E-state index is 11.6. The Balaban J connectivity index is 2.27. The Hall–Kier alpha value is -1.71. The van der Waals surface area contributed by atoms with Gasteiger partial charge >= 0.3 is 0 Å². The van der Waals surface area contributed by atoms with Crippen LogP contribution in [0.1, 0.15) is 17.3 Å². The van der Waals surface area contributed by atoms with Crippen LogP contribution in [-0.2, 0) is 4.74 Å². The van der Waals surface area contributed by atoms with E-state index in [0.717, 1.165) is 0 Å². The van der Waals surface area contributed by atoms with E-state index in [1.54, 1.807) is 0 Å². The molecule has 122 valence electrons. The molecular weight excluding hydrogens is 296 g/mol. The molecule has 0 bridgehead atoms. The molecule has 0 saturated carbocycles. The molecule has 0 aliphatic carbocycles. The maximum Gasteiger partial charge on any atom is 0.229 e. The fourth-order valence-electron chi connectivity index (χ4n) is 2.26. The molecule has 1 saturated heterocycles. The first-order valence-electron chi connectivity index (χ1n) is 6.67. The number of aliphatic hydroxyl groups excluding tert-OH is 4. The number of rotatable bonds is 4. The van der Waals surface area contributed by atoms with Gasteiger partial charge in [-0.25, -0.2) is 0 Å². The highest BCUT2D eigenvalue weighted by Crippen LogP contribution is 2.31. The van der Waals surface area contributed by atoms with E-state index in [1.165, 1.54) is 25.1 Å². The summed E-state index contributed by atoms with van der Waals surface area (Å²) in [5, 5.41) is 48.1. The molecule has 22 heavy (non-hydrogen) atoms. The predicted octanol–water partition coefficient (Wildman–Crippen LogP) is -1.23. The molecule has 0 spiro atoms. The number of phenols is 1. The first-order chi connectivity index (χ1) is 10.4. The normalized spacial score (nSPS) is 31.8. The van der Waals surface area contributed by atoms with Gasteiger partial charge in [0.1, 0.15) is 41.5 Å². The Morgan fingerprint density at radius 1 is 1.23 bits per heavy atom. The summed E-state index contributed by atoms with van der Waals surface area (Å²) in [7, 11) is 0. The second kappa shape index (κ2) is 6.59. The summed E-state index contributed by atoms with van der Waals surface area (Å²) in [6.07, 6.45) is -7.23. The molecule has 0 unspecified atom stereocenters. The number of ketones is 1. The van der Waals surface area contributed by atoms with Crippen molar-refractivity contribution in [1.82, 2.24) is 0 Å². The first-order valence-corrected chi connectivity index (χ1v) is 6.67. The van der Waals surface area contributed by atoms with E-state index in [-0.39, 0.29) is 17.1 Å². The van der Waals surface area contributed by atoms with Crippen molar-refractivity contribution in [1.29, 1.82) is 0 Å². The van der Waals surface area contributed by atoms with Crippen LogP contribution >= 0.6 is 0 Å². The van der Waals surface area contributed by atoms with Gasteiger partial charge in [-0.2, -0.15) is 0 Å². The molecule has 1 aliphatic heterocycles. The van der Waals surface area contributed by atoms with Crippen molar-refractivity contribution in [2.45, 2.75) is 37.6 Å². The second-order valence-electron chi connectivity index (χ2n) is 5.02. The lowest BCUT2D eigenvalue weighted by Gasteiger charge is -2.39. The zero-order valence-corrected chi connectivity index (χ0v) is 11.8. The molecule has 0 aromatic heterocycles. The second-order valence-corrected chi connectivity index (χ2v) is 5.02. The van der Waals surface area contributed by atoms with Crippen molar-refractivity contribution in [3.05, 3.63) is 23.8 Å². The third kappa shape index (κ3) is 3.06. The molecule has 1 heterocycles. The average Bonchev–Trinajstić information content (AvgIpc) is 2.47. The van der Waals surface area contributed by atoms with Crippen molar-refractivity contribution >= 4 is 5.78 Å². The molecule has 8 nitrogen and oxygen atoms in total. The minimum Gasteiger partial charge on any atom is -0.507 e. The lowest BCUT2D eigenvalue weighted by molar-refractivity contribution is -0.277. The van der Waals surface area contributed by atoms with Crippen LogP contribution in [0.3, 0.4) is 0 Å². The van der Waals surface area contributed by atoms with Gasteiger partial charge in [0, 0.05) is 0 Å². The molecule has 0 amide bonds. The van der Waals surface area contributed by atoms with E-state index in [9.17, 15) is 25.2 Å². The zero-order valence-electron chi connectivity index (χ0n) is 11.8. The topological polar surface area (TPSA) is 137 Å². The molecule has 8 heteroatoms. The minimum atomic E-state index is -1.60. The molecule has 2 rings (SSSR count). The SMILES string of the molecule is CC(=O)c1c(O)cccc1O[C@H]1O[C@H](CO)[C@H](O)[C@H](O)[C@H]1O. The summed E-state index contributed by atoms with van der Waals surface area (Å²) < 4.78 is 10.5. The Labute approximate surface area is 126 Å². The van der Waals surface area contributed by atoms with Crippen LogP contribution in [0.4, 0.5) is 0 Å². The molecule has 5 atom stereocenters. The van der Waals surface area contributed by atoms with Gasteiger partial charge in [0.2, 0.25) is 6.29 Å². The number of hydrogen-bond donors (Lipinski definition) is 5. The minimum absolute atomic E-state index is 0.0446. The van der Waals surface area contributed by atoms with E-state index in [2.05, 4.69) is 0 Å². The van der Waals surface area contributed by atoms with Crippen LogP contribution in [0.2, 0.25) is 0 Å². The quantitative estimate of drug-likeness (QED) is 0.436. The van der Waals surface area contributed by atoms with Gasteiger partial charge in [0.05, 0.1) is 6.61 Å². The van der Waals surface area contributed by atoms with Crippen molar-refractivity contribution in [2.75, 3.05) is 6.61 Å². The number of phenolic OH excluding ortho intramolecular Hbond substituents is 1. The number of aromatic hydroxyl groups is 1. The number of ether oxygens (including phenoxy) is 2. The fraction of sp³-hybridized carbons (Fsp3) is 0.500. The zero-order chi connectivity index (χ0) is 16.4. The summed E-state index contributed by atoms with van der Waals surface area (Å²) in [4.78, 5) is 11.6. The van der Waals surface area contributed by atoms with Crippen molar-refractivity contribution in [3.63, 3.8) is 0 Å². The van der Waals surface area contributed by atoms with Crippen LogP contribution in [-0.4, -0.2) is 68.6 Å². The Morgan fingerprint density at radius 2 is 1.91 bits per heavy atom. The molecule has 0 radical (unpaired) electrons. The van der Waals surface area contributed by atoms with Gasteiger partial charge in [0.15, 0.2) is 5.78 Å². The van der Waals surface area contributed by atoms with Gasteiger partial charge in [-0.05, 0) is 19.1 Å². The van der Waals surface area contributed by atoms with Crippen molar-refractivity contribution in [3.8, 4) is 11.5 Å². The fourth-order valence-corrected chi connectivity index (χ4v) is 2.26. The summed E-state index contributed by atoms with van der Waals surface area (Å²) in [5.74, 6) is -0.802. The number of Topliss-reactive ketones (excluding diaryl/α,β-unsaturated/α-hetero) is 1. The van der Waals surface area contributed by atoms with Crippen LogP contribution in [0, 0.1) is 0 Å². The summed E-state index contributed by atoms with van der Waals surface area (Å²) in [6.45, 7) is 0.639. The van der Waals surface area contributed by atoms with Gasteiger partial charge in [-0.1, -0.05) is 6.07 Å². The highest BCUT2D eigenvalue weighted by atomic mass is 16.7. The van der Waals surface area contributed by atoms with E-state index in [1.807, 2.05) is 0 Å². The van der Waals surface area contributed by atoms with E-state index >= 15 is 0 Å². The van der Waals surface area contributed by atoms with Crippen LogP contribution in [0.25, 0.3) is 0 Å². The van der Waals surface area contributed by atoms with E-state index in [4.69, 9.17) is 14.6 Å². The van der Waals surface area contributed by atoms with Gasteiger partial charge in [0.25, 0.3) is 0 Å². The highest BCUT2D eigenvalue weighted by Gasteiger charge is 2.45. The number of hydrogen-bond acceptors (Lipinski definition) is 8. The Kier molecular flexibility index (Phi) is 4.99. The monoisotopic (exact) mass is 314 g/mol. The number of carbonyl (C=O) groups is 1. The van der Waals surface area contributed by atoms with E-state index in [0.29, 0.717) is 0 Å². The molecule has 1 aromatic carbocycles. The molecule has 1 aliphatic rings. The average molecular weight is 314 g/mol. The first kappa shape index (κ1) is 16.7. The van der Waals surface area contributed by atoms with Gasteiger partial charge in [-0.15, -0.1) is 0 Å². The van der Waals surface area contributed by atoms with Gasteiger partial charge in [-0.3, -0.25) is 4.79 Å². The smallest absolute Gasteiger partial charge is 0.229 e. The molecule has 1 aromatic rings. The van der Waals surface area contributed by atoms with Crippen LogP contribution in [0.15, 0.2) is 18.2 Å². The Bertz CT molecular complexity index is 544. The Morgan fingerprint density at radius 3 is 2.50 bits per heavy atom. The molecular formula is C14H18O8. The number of aliphatic hydroxyl groups is 4. The van der Waals surface area contributed by atoms with Crippen LogP contribution in [0.5, 0.6) is 11.5 Å². The number of carbonyl (C=O) groups excluding carboxylic acids is 1. The molecule has 5 N–H and O–H groups in total. The van der Waals surface area contributed by atoms with Crippen molar-refractivity contribution in [2.24, 2.45) is 0 Å². The standard InChI is InChI=1S/C14H18O8/c1-6(16)10-7(17)3-2-4-8(10)21-14-13(20)12(19)11(18)9(5-15)22-14/h2-4,9,11-15,17-20H,5H2,1H3/t9-,11+,12+,13-,14+/m1/s1. The summed E-state index contributed by atoms with van der Waals surface area (Å²) in [5.41, 5.74) is -0.0977. The summed E-state index contributed by atoms with van der Waals surface area (Å²) in [6, 6.07) is 4.12. The maximum atomic E-state index is 11.6. The molecule has 1 fully saturated rings. The third-order valence-electron chi connectivity index (χ3n) is 3.45. The van der Waals surface area contributed by atoms with Crippen molar-refractivity contribution < 1.29 is 39.8 Å². The largest absolute Gasteiger partial charge is 0.507 e. The van der Waals surface area contributed by atoms with Gasteiger partial charge < -0.3 is 35.0 Å². The third-order valence-corrected chi connectivity index (χ3v) is 3.45.